The van der Waals surface area contributed by atoms with Gasteiger partial charge >= 0.3 is 5.91 Å². The van der Waals surface area contributed by atoms with E-state index in [-0.39, 0.29) is 31.3 Å². The molecular weight excluding hydrogens is 305 g/mol. The van der Waals surface area contributed by atoms with Gasteiger partial charge in [0.1, 0.15) is 31.6 Å². The van der Waals surface area contributed by atoms with Gasteiger partial charge in [0.2, 0.25) is 0 Å². The zero-order valence-electron chi connectivity index (χ0n) is 12.2. The summed E-state index contributed by atoms with van der Waals surface area (Å²) in [6.45, 7) is 3.36. The highest BCUT2D eigenvalue weighted by molar-refractivity contribution is 5.93. The van der Waals surface area contributed by atoms with E-state index in [0.29, 0.717) is 11.3 Å². The Balaban J connectivity index is 2.24. The van der Waals surface area contributed by atoms with E-state index in [1.165, 1.54) is 23.4 Å². The van der Waals surface area contributed by atoms with Crippen molar-refractivity contribution in [1.29, 1.82) is 0 Å². The van der Waals surface area contributed by atoms with Crippen molar-refractivity contribution in [2.75, 3.05) is 19.7 Å². The molecule has 2 unspecified atom stereocenters. The average molecular weight is 321 g/mol. The van der Waals surface area contributed by atoms with Gasteiger partial charge in [0.25, 0.3) is 6.35 Å². The van der Waals surface area contributed by atoms with E-state index in [9.17, 15) is 19.4 Å². The molecule has 3 N–H and O–H groups in total. The lowest BCUT2D eigenvalue weighted by atomic mass is 10.1. The second kappa shape index (κ2) is 5.78. The Morgan fingerprint density at radius 3 is 2.87 bits per heavy atom. The molecule has 3 rings (SSSR count). The number of rotatable bonds is 4. The molecule has 1 amide bonds. The fourth-order valence-corrected chi connectivity index (χ4v) is 2.90. The van der Waals surface area contributed by atoms with Gasteiger partial charge in [-0.2, -0.15) is 9.58 Å². The SMILES string of the molecule is [CH2]c1c(-n2cncn2)cc(F)cc1[N+]1(CCO)C(=O)CNC1O. The minimum atomic E-state index is -1.29. The highest BCUT2D eigenvalue weighted by Gasteiger charge is 2.51. The van der Waals surface area contributed by atoms with Crippen molar-refractivity contribution >= 4 is 11.6 Å². The van der Waals surface area contributed by atoms with E-state index in [2.05, 4.69) is 22.3 Å². The molecule has 0 spiro atoms. The van der Waals surface area contributed by atoms with Crippen molar-refractivity contribution in [2.45, 2.75) is 6.35 Å². The quantitative estimate of drug-likeness (QED) is 0.644. The largest absolute Gasteiger partial charge is 0.390 e. The predicted molar refractivity (Wildman–Crippen MR) is 78.5 cm³/mol. The summed E-state index contributed by atoms with van der Waals surface area (Å²) in [6, 6.07) is 2.36. The van der Waals surface area contributed by atoms with Gasteiger partial charge in [-0.25, -0.2) is 24.2 Å². The van der Waals surface area contributed by atoms with Crippen LogP contribution in [0.1, 0.15) is 5.56 Å². The predicted octanol–water partition coefficient (Wildman–Crippen LogP) is -0.706. The number of quaternary nitrogens is 1. The van der Waals surface area contributed by atoms with E-state index < -0.39 is 16.7 Å². The third-order valence-corrected chi connectivity index (χ3v) is 4.01. The van der Waals surface area contributed by atoms with Crippen molar-refractivity contribution in [1.82, 2.24) is 24.6 Å². The van der Waals surface area contributed by atoms with E-state index in [1.54, 1.807) is 0 Å². The summed E-state index contributed by atoms with van der Waals surface area (Å²) in [4.78, 5) is 16.2. The van der Waals surface area contributed by atoms with Crippen molar-refractivity contribution < 1.29 is 19.4 Å². The molecule has 1 saturated heterocycles. The molecule has 9 heteroatoms. The highest BCUT2D eigenvalue weighted by atomic mass is 19.1. The highest BCUT2D eigenvalue weighted by Crippen LogP contribution is 2.35. The molecule has 8 nitrogen and oxygen atoms in total. The number of carbonyl (C=O) groups is 1. The number of hydrogen-bond donors (Lipinski definition) is 3. The van der Waals surface area contributed by atoms with E-state index in [4.69, 9.17) is 0 Å². The Morgan fingerprint density at radius 1 is 1.52 bits per heavy atom. The number of benzene rings is 1. The molecule has 0 saturated carbocycles. The lowest BCUT2D eigenvalue weighted by Crippen LogP contribution is -2.60. The molecule has 0 aliphatic carbocycles. The average Bonchev–Trinajstić information content (AvgIpc) is 3.14. The number of nitrogens with one attached hydrogen (secondary N) is 1. The molecule has 1 aliphatic rings. The molecule has 1 aromatic carbocycles. The number of aliphatic hydroxyl groups is 2. The maximum atomic E-state index is 14.1. The summed E-state index contributed by atoms with van der Waals surface area (Å²) < 4.78 is 14.8. The fraction of sp³-hybridized carbons (Fsp3) is 0.286. The van der Waals surface area contributed by atoms with Crippen LogP contribution in [0.3, 0.4) is 0 Å². The summed E-state index contributed by atoms with van der Waals surface area (Å²) in [7, 11) is 0. The first kappa shape index (κ1) is 15.7. The zero-order chi connectivity index (χ0) is 16.6. The van der Waals surface area contributed by atoms with Crippen LogP contribution in [0.2, 0.25) is 0 Å². The maximum absolute atomic E-state index is 14.1. The molecule has 1 aliphatic heterocycles. The van der Waals surface area contributed by atoms with Crippen LogP contribution in [0.25, 0.3) is 5.69 Å². The van der Waals surface area contributed by atoms with Crippen molar-refractivity contribution in [3.63, 3.8) is 0 Å². The summed E-state index contributed by atoms with van der Waals surface area (Å²) in [5.41, 5.74) is 0.799. The van der Waals surface area contributed by atoms with E-state index >= 15 is 0 Å². The summed E-state index contributed by atoms with van der Waals surface area (Å²) in [5, 5.41) is 26.2. The Hall–Kier alpha value is -2.20. The monoisotopic (exact) mass is 321 g/mol. The van der Waals surface area contributed by atoms with Gasteiger partial charge in [0.05, 0.1) is 12.3 Å². The van der Waals surface area contributed by atoms with Crippen LogP contribution in [-0.2, 0) is 4.79 Å². The minimum Gasteiger partial charge on any atom is -0.390 e. The summed E-state index contributed by atoms with van der Waals surface area (Å²) >= 11 is 0. The topological polar surface area (TPSA) is 100 Å². The fourth-order valence-electron chi connectivity index (χ4n) is 2.90. The Morgan fingerprint density at radius 2 is 2.30 bits per heavy atom. The summed E-state index contributed by atoms with van der Waals surface area (Å²) in [6.07, 6.45) is 1.38. The number of aromatic nitrogens is 3. The number of amides is 1. The van der Waals surface area contributed by atoms with Crippen molar-refractivity contribution in [2.24, 2.45) is 0 Å². The molecule has 1 fully saturated rings. The first-order valence-electron chi connectivity index (χ1n) is 6.95. The van der Waals surface area contributed by atoms with Gasteiger partial charge in [-0.05, 0) is 6.92 Å². The molecule has 121 valence electrons. The van der Waals surface area contributed by atoms with Crippen LogP contribution in [0, 0.1) is 12.7 Å². The van der Waals surface area contributed by atoms with Crippen LogP contribution in [-0.4, -0.2) is 56.9 Å². The van der Waals surface area contributed by atoms with Crippen LogP contribution in [0.5, 0.6) is 0 Å². The second-order valence-corrected chi connectivity index (χ2v) is 5.23. The van der Waals surface area contributed by atoms with E-state index in [1.807, 2.05) is 0 Å². The molecule has 0 bridgehead atoms. The Kier molecular flexibility index (Phi) is 3.94. The van der Waals surface area contributed by atoms with Gasteiger partial charge in [-0.3, -0.25) is 0 Å². The van der Waals surface area contributed by atoms with Gasteiger partial charge in [0, 0.05) is 17.7 Å². The minimum absolute atomic E-state index is 0.0875. The standard InChI is InChI=1S/C14H16FN5O3/c1-9-11(19-8-16-7-18-19)4-10(15)5-12(9)20(2-3-21)13(22)6-17-14(20)23/h4-5,7-8,14,17,21,23H,1-3,6H2/q+1. The van der Waals surface area contributed by atoms with Gasteiger partial charge in [-0.15, -0.1) is 0 Å². The normalized spacial score (nSPS) is 24.3. The molecule has 2 aromatic rings. The molecule has 1 aromatic heterocycles. The number of carbonyl (C=O) groups excluding carboxylic acids is 1. The first-order chi connectivity index (χ1) is 11.0. The van der Waals surface area contributed by atoms with Crippen molar-refractivity contribution in [3.05, 3.63) is 43.1 Å². The number of nitrogens with zero attached hydrogens (tertiary/aromatic N) is 4. The number of hydrogen-bond acceptors (Lipinski definition) is 6. The third-order valence-electron chi connectivity index (χ3n) is 4.01. The lowest BCUT2D eigenvalue weighted by Gasteiger charge is -2.34. The van der Waals surface area contributed by atoms with Crippen molar-refractivity contribution in [3.8, 4) is 5.69 Å². The van der Waals surface area contributed by atoms with Gasteiger partial charge < -0.3 is 10.2 Å². The van der Waals surface area contributed by atoms with Crippen LogP contribution >= 0.6 is 0 Å². The summed E-state index contributed by atoms with van der Waals surface area (Å²) in [5.74, 6) is -0.994. The first-order valence-corrected chi connectivity index (χ1v) is 6.95. The number of halogens is 1. The molecule has 23 heavy (non-hydrogen) atoms. The lowest BCUT2D eigenvalue weighted by molar-refractivity contribution is -0.132. The third kappa shape index (κ3) is 2.34. The number of aliphatic hydroxyl groups excluding tert-OH is 2. The van der Waals surface area contributed by atoms with Gasteiger partial charge in [0.15, 0.2) is 5.69 Å². The second-order valence-electron chi connectivity index (χ2n) is 5.23. The smallest absolute Gasteiger partial charge is 0.336 e. The van der Waals surface area contributed by atoms with E-state index in [0.717, 1.165) is 6.07 Å². The van der Waals surface area contributed by atoms with Crippen LogP contribution in [0.15, 0.2) is 24.8 Å². The van der Waals surface area contributed by atoms with Gasteiger partial charge in [-0.1, -0.05) is 0 Å². The Labute approximate surface area is 131 Å². The van der Waals surface area contributed by atoms with Crippen LogP contribution < -0.4 is 9.80 Å². The maximum Gasteiger partial charge on any atom is 0.336 e. The van der Waals surface area contributed by atoms with Crippen LogP contribution in [0.4, 0.5) is 10.1 Å². The Bertz CT molecular complexity index is 736. The zero-order valence-corrected chi connectivity index (χ0v) is 12.2. The molecule has 1 radical (unpaired) electrons. The molecule has 2 heterocycles. The molecular formula is C14H16FN5O3+. The molecule has 2 atom stereocenters.